The lowest BCUT2D eigenvalue weighted by Gasteiger charge is -2.14. The number of aliphatic carboxylic acids is 1. The van der Waals surface area contributed by atoms with Gasteiger partial charge in [-0.1, -0.05) is 42.2 Å². The fourth-order valence-corrected chi connectivity index (χ4v) is 3.94. The number of aryl methyl sites for hydroxylation is 1. The van der Waals surface area contributed by atoms with Crippen LogP contribution in [0.3, 0.4) is 0 Å². The maximum atomic E-state index is 12.9. The van der Waals surface area contributed by atoms with E-state index in [4.69, 9.17) is 21.7 Å². The Labute approximate surface area is 171 Å². The normalized spacial score (nSPS) is 15.2. The van der Waals surface area contributed by atoms with Gasteiger partial charge in [0.15, 0.2) is 15.8 Å². The number of methoxy groups -OCH3 is 1. The van der Waals surface area contributed by atoms with Crippen molar-refractivity contribution in [2.45, 2.75) is 6.92 Å². The summed E-state index contributed by atoms with van der Waals surface area (Å²) in [5.41, 5.74) is 2.46. The van der Waals surface area contributed by atoms with E-state index in [-0.39, 0.29) is 11.7 Å². The average molecular weight is 414 g/mol. The first kappa shape index (κ1) is 19.9. The Morgan fingerprint density at radius 3 is 2.71 bits per heavy atom. The van der Waals surface area contributed by atoms with Crippen molar-refractivity contribution in [3.8, 4) is 11.5 Å². The molecule has 0 radical (unpaired) electrons. The van der Waals surface area contributed by atoms with Crippen LogP contribution in [-0.2, 0) is 9.59 Å². The molecule has 2 aromatic carbocycles. The van der Waals surface area contributed by atoms with Crippen LogP contribution in [0.2, 0.25) is 0 Å². The zero-order chi connectivity index (χ0) is 20.3. The maximum absolute atomic E-state index is 12.9. The molecule has 6 nitrogen and oxygen atoms in total. The molecule has 0 bridgehead atoms. The number of carbonyl (C=O) groups is 2. The molecular weight excluding hydrogens is 398 g/mol. The smallest absolute Gasteiger partial charge is 0.270 e. The molecule has 0 N–H and O–H groups in total. The van der Waals surface area contributed by atoms with Crippen LogP contribution in [0.4, 0.5) is 5.69 Å². The van der Waals surface area contributed by atoms with Crippen LogP contribution in [0, 0.1) is 6.92 Å². The second-order valence-electron chi connectivity index (χ2n) is 5.93. The summed E-state index contributed by atoms with van der Waals surface area (Å²) < 4.78 is 10.8. The molecule has 0 aromatic heterocycles. The fraction of sp³-hybridized carbons (Fsp3) is 0.150. The van der Waals surface area contributed by atoms with E-state index in [1.807, 2.05) is 31.2 Å². The largest absolute Gasteiger partial charge is 0.546 e. The number of carboxylic acids is 1. The number of thioether (sulfide) groups is 1. The van der Waals surface area contributed by atoms with E-state index in [0.29, 0.717) is 20.5 Å². The van der Waals surface area contributed by atoms with Gasteiger partial charge in [-0.15, -0.1) is 0 Å². The lowest BCUT2D eigenvalue weighted by molar-refractivity contribution is -0.307. The number of amides is 1. The molecule has 8 heteroatoms. The average Bonchev–Trinajstić information content (AvgIpc) is 2.93. The molecule has 28 heavy (non-hydrogen) atoms. The molecule has 1 saturated heterocycles. The Bertz CT molecular complexity index is 986. The first-order valence-electron chi connectivity index (χ1n) is 8.24. The summed E-state index contributed by atoms with van der Waals surface area (Å²) in [6.07, 6.45) is 1.71. The molecule has 3 rings (SSSR count). The highest BCUT2D eigenvalue weighted by Crippen LogP contribution is 2.37. The van der Waals surface area contributed by atoms with Crippen LogP contribution in [-0.4, -0.2) is 29.9 Å². The summed E-state index contributed by atoms with van der Waals surface area (Å²) in [6.45, 7) is 1.37. The van der Waals surface area contributed by atoms with Crippen LogP contribution < -0.4 is 19.5 Å². The lowest BCUT2D eigenvalue weighted by atomic mass is 10.1. The van der Waals surface area contributed by atoms with E-state index in [1.165, 1.54) is 23.8 Å². The Morgan fingerprint density at radius 1 is 1.25 bits per heavy atom. The molecule has 0 saturated carbocycles. The molecule has 0 aliphatic carbocycles. The van der Waals surface area contributed by atoms with Crippen LogP contribution in [0.1, 0.15) is 11.1 Å². The third kappa shape index (κ3) is 4.35. The number of ether oxygens (including phenoxy) is 2. The lowest BCUT2D eigenvalue weighted by Crippen LogP contribution is -2.29. The molecule has 0 spiro atoms. The van der Waals surface area contributed by atoms with E-state index in [0.717, 1.165) is 11.3 Å². The zero-order valence-corrected chi connectivity index (χ0v) is 16.8. The molecule has 2 aromatic rings. The zero-order valence-electron chi connectivity index (χ0n) is 15.1. The summed E-state index contributed by atoms with van der Waals surface area (Å²) in [7, 11) is 1.45. The quantitative estimate of drug-likeness (QED) is 0.531. The monoisotopic (exact) mass is 414 g/mol. The number of carboxylic acid groups (broad SMARTS) is 1. The summed E-state index contributed by atoms with van der Waals surface area (Å²) in [4.78, 5) is 25.4. The van der Waals surface area contributed by atoms with Crippen molar-refractivity contribution < 1.29 is 24.2 Å². The third-order valence-corrected chi connectivity index (χ3v) is 5.19. The van der Waals surface area contributed by atoms with E-state index >= 15 is 0 Å². The molecule has 0 unspecified atom stereocenters. The minimum Gasteiger partial charge on any atom is -0.546 e. The Morgan fingerprint density at radius 2 is 2.04 bits per heavy atom. The van der Waals surface area contributed by atoms with E-state index in [1.54, 1.807) is 24.3 Å². The summed E-state index contributed by atoms with van der Waals surface area (Å²) in [6, 6.07) is 12.5. The number of carbonyl (C=O) groups excluding carboxylic acids is 2. The van der Waals surface area contributed by atoms with Crippen LogP contribution in [0.15, 0.2) is 47.4 Å². The van der Waals surface area contributed by atoms with Crippen molar-refractivity contribution in [2.75, 3.05) is 18.6 Å². The van der Waals surface area contributed by atoms with Gasteiger partial charge in [0, 0.05) is 0 Å². The molecule has 1 fully saturated rings. The molecule has 1 aliphatic rings. The van der Waals surface area contributed by atoms with Crippen molar-refractivity contribution in [3.05, 3.63) is 58.5 Å². The molecule has 144 valence electrons. The van der Waals surface area contributed by atoms with Gasteiger partial charge in [-0.2, -0.15) is 0 Å². The van der Waals surface area contributed by atoms with Crippen molar-refractivity contribution >= 4 is 51.9 Å². The molecule has 1 aliphatic heterocycles. The number of rotatable bonds is 6. The number of benzene rings is 2. The van der Waals surface area contributed by atoms with Crippen LogP contribution in [0.5, 0.6) is 11.5 Å². The Balaban J connectivity index is 1.86. The summed E-state index contributed by atoms with van der Waals surface area (Å²) in [5.74, 6) is -0.900. The van der Waals surface area contributed by atoms with Gasteiger partial charge < -0.3 is 19.4 Å². The van der Waals surface area contributed by atoms with Crippen LogP contribution >= 0.6 is 24.0 Å². The number of anilines is 1. The van der Waals surface area contributed by atoms with Gasteiger partial charge in [0.05, 0.1) is 23.7 Å². The summed E-state index contributed by atoms with van der Waals surface area (Å²) in [5, 5.41) is 10.6. The van der Waals surface area contributed by atoms with E-state index in [9.17, 15) is 14.7 Å². The first-order valence-corrected chi connectivity index (χ1v) is 9.47. The van der Waals surface area contributed by atoms with Gasteiger partial charge in [-0.3, -0.25) is 9.69 Å². The predicted octanol–water partition coefficient (Wildman–Crippen LogP) is 2.54. The van der Waals surface area contributed by atoms with Gasteiger partial charge in [0.1, 0.15) is 6.61 Å². The fourth-order valence-electron chi connectivity index (χ4n) is 2.64. The number of nitrogens with zero attached hydrogens (tertiary/aromatic N) is 1. The van der Waals surface area contributed by atoms with Gasteiger partial charge in [0.2, 0.25) is 0 Å². The Hall–Kier alpha value is -2.84. The highest BCUT2D eigenvalue weighted by Gasteiger charge is 2.33. The molecule has 1 heterocycles. The maximum Gasteiger partial charge on any atom is 0.270 e. The highest BCUT2D eigenvalue weighted by atomic mass is 32.2. The highest BCUT2D eigenvalue weighted by molar-refractivity contribution is 8.27. The van der Waals surface area contributed by atoms with Gasteiger partial charge in [-0.05, 0) is 48.4 Å². The van der Waals surface area contributed by atoms with Crippen molar-refractivity contribution in [1.29, 1.82) is 0 Å². The molecule has 1 amide bonds. The first-order chi connectivity index (χ1) is 13.4. The predicted molar refractivity (Wildman–Crippen MR) is 110 cm³/mol. The van der Waals surface area contributed by atoms with Crippen LogP contribution in [0.25, 0.3) is 6.08 Å². The van der Waals surface area contributed by atoms with Crippen molar-refractivity contribution in [1.82, 2.24) is 0 Å². The van der Waals surface area contributed by atoms with Crippen molar-refractivity contribution in [3.63, 3.8) is 0 Å². The number of hydrogen-bond donors (Lipinski definition) is 0. The van der Waals surface area contributed by atoms with E-state index < -0.39 is 12.6 Å². The van der Waals surface area contributed by atoms with Crippen molar-refractivity contribution in [2.24, 2.45) is 0 Å². The molecule has 0 atom stereocenters. The SMILES string of the molecule is COc1cc(/C=C2/SC(=S)N(c3cccc(C)c3)C2=O)ccc1OCC(=O)[O-]. The Kier molecular flexibility index (Phi) is 6.01. The number of thiocarbonyl (C=S) groups is 1. The van der Waals surface area contributed by atoms with E-state index in [2.05, 4.69) is 0 Å². The second-order valence-corrected chi connectivity index (χ2v) is 7.60. The van der Waals surface area contributed by atoms with Gasteiger partial charge in [0.25, 0.3) is 5.91 Å². The summed E-state index contributed by atoms with van der Waals surface area (Å²) >= 11 is 6.61. The third-order valence-electron chi connectivity index (χ3n) is 3.88. The molecular formula is C20H16NO5S2-. The van der Waals surface area contributed by atoms with Gasteiger partial charge in [-0.25, -0.2) is 0 Å². The minimum atomic E-state index is -1.33. The number of hydrogen-bond acceptors (Lipinski definition) is 7. The minimum absolute atomic E-state index is 0.197. The standard InChI is InChI=1S/C20H17NO5S2/c1-12-4-3-5-14(8-12)21-19(24)17(28-20(21)27)10-13-6-7-15(16(9-13)25-2)26-11-18(22)23/h3-10H,11H2,1-2H3,(H,22,23)/p-1/b17-10+. The second kappa shape index (κ2) is 8.45. The van der Waals surface area contributed by atoms with Gasteiger partial charge >= 0.3 is 0 Å². The topological polar surface area (TPSA) is 78.9 Å².